The van der Waals surface area contributed by atoms with Crippen molar-refractivity contribution >= 4 is 55.2 Å². The van der Waals surface area contributed by atoms with Crippen LogP contribution in [0.1, 0.15) is 25.3 Å². The quantitative estimate of drug-likeness (QED) is 0.163. The molecule has 46 heavy (non-hydrogen) atoms. The molecular weight excluding hydrogens is 741 g/mol. The molecule has 0 radical (unpaired) electrons. The van der Waals surface area contributed by atoms with Crippen LogP contribution in [0.5, 0.6) is 0 Å². The summed E-state index contributed by atoms with van der Waals surface area (Å²) in [5.41, 5.74) is 10.5. The third-order valence-electron chi connectivity index (χ3n) is 8.73. The summed E-state index contributed by atoms with van der Waals surface area (Å²) in [5.74, 6) is 0. The maximum absolute atomic E-state index is 4.32. The predicted molar refractivity (Wildman–Crippen MR) is 188 cm³/mol. The van der Waals surface area contributed by atoms with Gasteiger partial charge in [0, 0.05) is 33.9 Å². The van der Waals surface area contributed by atoms with E-state index in [1.54, 1.807) is 0 Å². The van der Waals surface area contributed by atoms with Gasteiger partial charge in [0.15, 0.2) is 0 Å². The van der Waals surface area contributed by atoms with E-state index in [9.17, 15) is 0 Å². The molecule has 0 N–H and O–H groups in total. The fourth-order valence-corrected chi connectivity index (χ4v) is 6.53. The molecule has 5 aromatic carbocycles. The van der Waals surface area contributed by atoms with Crippen molar-refractivity contribution in [1.82, 2.24) is 9.38 Å². The number of rotatable bonds is 5. The van der Waals surface area contributed by atoms with E-state index in [2.05, 4.69) is 130 Å². The first kappa shape index (κ1) is 30.0. The Morgan fingerprint density at radius 3 is 2.28 bits per heavy atom. The molecule has 0 unspecified atom stereocenters. The largest absolute Gasteiger partial charge is 3.00 e. The van der Waals surface area contributed by atoms with Crippen molar-refractivity contribution in [1.29, 1.82) is 0 Å². The third-order valence-corrected chi connectivity index (χ3v) is 8.73. The van der Waals surface area contributed by atoms with Gasteiger partial charge in [-0.15, -0.1) is 59.1 Å². The van der Waals surface area contributed by atoms with E-state index >= 15 is 0 Å². The smallest absolute Gasteiger partial charge is 0.501 e. The van der Waals surface area contributed by atoms with E-state index in [0.29, 0.717) is 0 Å². The number of hydrogen-bond acceptors (Lipinski definition) is 3. The maximum atomic E-state index is 4.32. The summed E-state index contributed by atoms with van der Waals surface area (Å²) >= 11 is 0. The molecule has 0 fully saturated rings. The molecule has 3 aromatic heterocycles. The second kappa shape index (κ2) is 12.6. The fourth-order valence-electron chi connectivity index (χ4n) is 6.53. The van der Waals surface area contributed by atoms with Crippen LogP contribution in [-0.2, 0) is 20.1 Å². The Bertz CT molecular complexity index is 2260. The van der Waals surface area contributed by atoms with Crippen molar-refractivity contribution in [3.05, 3.63) is 146 Å². The number of aryl methyl sites for hydroxylation is 1. The zero-order valence-electron chi connectivity index (χ0n) is 25.9. The summed E-state index contributed by atoms with van der Waals surface area (Å²) in [5, 5.41) is 5.17. The first-order valence-electron chi connectivity index (χ1n) is 15.7. The van der Waals surface area contributed by atoms with Gasteiger partial charge in [-0.1, -0.05) is 79.5 Å². The van der Waals surface area contributed by atoms with Crippen LogP contribution in [0.25, 0.3) is 49.4 Å². The van der Waals surface area contributed by atoms with Crippen LogP contribution in [0.15, 0.2) is 121 Å². The van der Waals surface area contributed by atoms with Gasteiger partial charge in [-0.3, -0.25) is 0 Å². The molecule has 4 heterocycles. The molecular formula is C41H33IrN4. The predicted octanol–water partition coefficient (Wildman–Crippen LogP) is 10.4. The molecule has 1 aliphatic rings. The topological polar surface area (TPSA) is 23.8 Å². The Labute approximate surface area is 283 Å². The van der Waals surface area contributed by atoms with E-state index < -0.39 is 0 Å². The van der Waals surface area contributed by atoms with Crippen molar-refractivity contribution in [3.8, 4) is 11.3 Å². The number of aromatic nitrogens is 2. The third kappa shape index (κ3) is 5.10. The summed E-state index contributed by atoms with van der Waals surface area (Å²) in [7, 11) is 0. The molecule has 4 nitrogen and oxygen atoms in total. The van der Waals surface area contributed by atoms with E-state index in [-0.39, 0.29) is 20.1 Å². The van der Waals surface area contributed by atoms with Gasteiger partial charge in [-0.25, -0.2) is 0 Å². The van der Waals surface area contributed by atoms with Crippen LogP contribution in [0.3, 0.4) is 0 Å². The number of para-hydroxylation sites is 4. The Balaban J connectivity index is 0.000000204. The number of hydrogen-bond donors (Lipinski definition) is 0. The van der Waals surface area contributed by atoms with Gasteiger partial charge < -0.3 is 19.2 Å². The number of benzene rings is 5. The normalized spacial score (nSPS) is 12.5. The van der Waals surface area contributed by atoms with Crippen LogP contribution in [0.2, 0.25) is 0 Å². The van der Waals surface area contributed by atoms with Gasteiger partial charge in [-0.05, 0) is 54.7 Å². The second-order valence-electron chi connectivity index (χ2n) is 11.7. The molecule has 0 aliphatic carbocycles. The number of nitrogens with zero attached hydrogens (tertiary/aromatic N) is 4. The molecule has 0 amide bonds. The first-order valence-corrected chi connectivity index (χ1v) is 15.7. The van der Waals surface area contributed by atoms with Crippen molar-refractivity contribution < 1.29 is 20.1 Å². The average Bonchev–Trinajstić information content (AvgIpc) is 3.75. The first-order chi connectivity index (χ1) is 22.2. The summed E-state index contributed by atoms with van der Waals surface area (Å²) in [6, 6.07) is 47.4. The molecule has 8 aromatic rings. The number of anilines is 3. The van der Waals surface area contributed by atoms with Gasteiger partial charge in [0.25, 0.3) is 0 Å². The van der Waals surface area contributed by atoms with Gasteiger partial charge in [-0.2, -0.15) is 12.7 Å². The molecule has 1 aliphatic heterocycles. The molecule has 9 rings (SSSR count). The Morgan fingerprint density at radius 1 is 0.739 bits per heavy atom. The average molecular weight is 774 g/mol. The van der Waals surface area contributed by atoms with E-state index in [1.165, 1.54) is 62.4 Å². The number of fused-ring (bicyclic) bond motifs is 7. The van der Waals surface area contributed by atoms with E-state index in [0.717, 1.165) is 29.0 Å². The minimum atomic E-state index is 0. The van der Waals surface area contributed by atoms with Gasteiger partial charge >= 0.3 is 20.1 Å². The Hall–Kier alpha value is -4.70. The van der Waals surface area contributed by atoms with Gasteiger partial charge in [0.05, 0.1) is 5.52 Å². The van der Waals surface area contributed by atoms with Gasteiger partial charge in [0.1, 0.15) is 0 Å². The number of unbranched alkanes of at least 4 members (excludes halogenated alkanes) is 1. The summed E-state index contributed by atoms with van der Waals surface area (Å²) < 4.78 is 2.40. The number of pyridine rings is 1. The second-order valence-corrected chi connectivity index (χ2v) is 11.7. The summed E-state index contributed by atoms with van der Waals surface area (Å²) in [6.45, 7) is 7.55. The van der Waals surface area contributed by atoms with Crippen molar-refractivity contribution in [2.75, 3.05) is 16.3 Å². The zero-order valence-corrected chi connectivity index (χ0v) is 28.3. The molecule has 226 valence electrons. The fraction of sp³-hybridized carbons (Fsp3) is 0.122. The van der Waals surface area contributed by atoms with Crippen molar-refractivity contribution in [2.45, 2.75) is 26.7 Å². The monoisotopic (exact) mass is 774 g/mol. The van der Waals surface area contributed by atoms with Crippen molar-refractivity contribution in [2.24, 2.45) is 0 Å². The molecule has 0 bridgehead atoms. The molecule has 0 saturated heterocycles. The SMILES string of the molecule is CCCCN1[CH-]N(c2[c-]c3c(cc2)c2cccc4c5ccccc5n3c24)c2ccccc21.Cc1ccc(-c2[c-]cccc2)nc1.[Ir+3]. The van der Waals surface area contributed by atoms with Crippen LogP contribution in [0.4, 0.5) is 17.1 Å². The van der Waals surface area contributed by atoms with Crippen LogP contribution >= 0.6 is 0 Å². The molecule has 0 atom stereocenters. The standard InChI is InChI=1S/C29H23N3.C12H10N.Ir/c1-2-3-17-30-19-31(27-14-7-6-13-26(27)30)20-15-16-22-24-11-8-10-23-21-9-4-5-12-25(21)32(29(23)24)28(22)18-20;1-10-7-8-12(13-9-10)11-5-3-2-4-6-11;/h4-16,19H,2-3,17H2,1H3;2-5,7-9H,1H3;/q-2;-1;+3. The minimum absolute atomic E-state index is 0. The molecule has 5 heteroatoms. The maximum Gasteiger partial charge on any atom is 3.00 e. The van der Waals surface area contributed by atoms with Crippen LogP contribution in [-0.4, -0.2) is 15.9 Å². The van der Waals surface area contributed by atoms with Gasteiger partial charge in [0.2, 0.25) is 0 Å². The van der Waals surface area contributed by atoms with Crippen LogP contribution < -0.4 is 9.80 Å². The minimum Gasteiger partial charge on any atom is -0.501 e. The van der Waals surface area contributed by atoms with E-state index in [1.807, 2.05) is 43.5 Å². The van der Waals surface area contributed by atoms with Crippen molar-refractivity contribution in [3.63, 3.8) is 0 Å². The Kier molecular flexibility index (Phi) is 8.21. The van der Waals surface area contributed by atoms with E-state index in [4.69, 9.17) is 0 Å². The zero-order chi connectivity index (χ0) is 30.3. The molecule has 0 saturated carbocycles. The summed E-state index contributed by atoms with van der Waals surface area (Å²) in [4.78, 5) is 8.98. The van der Waals surface area contributed by atoms with Crippen LogP contribution in [0, 0.1) is 25.7 Å². The molecule has 0 spiro atoms. The summed E-state index contributed by atoms with van der Waals surface area (Å²) in [6.07, 6.45) is 4.23. The Morgan fingerprint density at radius 2 is 1.50 bits per heavy atom.